The number of carbonyl (C=O) groups excluding carboxylic acids is 2. The third kappa shape index (κ3) is 8.23. The van der Waals surface area contributed by atoms with Gasteiger partial charge in [0.1, 0.15) is 0 Å². The first-order chi connectivity index (χ1) is 7.43. The molecule has 0 fully saturated rings. The lowest BCUT2D eigenvalue weighted by atomic mass is 10.1. The highest BCUT2D eigenvalue weighted by Gasteiger charge is 2.11. The Bertz CT molecular complexity index is 229. The van der Waals surface area contributed by atoms with Crippen molar-refractivity contribution in [1.82, 2.24) is 5.32 Å². The lowest BCUT2D eigenvalue weighted by Crippen LogP contribution is -2.29. The van der Waals surface area contributed by atoms with E-state index < -0.39 is 5.91 Å². The van der Waals surface area contributed by atoms with Crippen LogP contribution < -0.4 is 11.1 Å². The van der Waals surface area contributed by atoms with Gasteiger partial charge in [-0.1, -0.05) is 6.92 Å². The van der Waals surface area contributed by atoms with Crippen LogP contribution in [-0.2, 0) is 14.3 Å². The highest BCUT2D eigenvalue weighted by atomic mass is 16.5. The van der Waals surface area contributed by atoms with Gasteiger partial charge in [0.15, 0.2) is 0 Å². The SMILES string of the molecule is CC(C)OCCNC(=O)[CH]C[C@H](C)C(N)=O. The van der Waals surface area contributed by atoms with Crippen LogP contribution in [0.25, 0.3) is 0 Å². The van der Waals surface area contributed by atoms with Crippen LogP contribution in [0.4, 0.5) is 0 Å². The van der Waals surface area contributed by atoms with Crippen molar-refractivity contribution in [1.29, 1.82) is 0 Å². The molecule has 0 aromatic heterocycles. The molecule has 5 nitrogen and oxygen atoms in total. The zero-order valence-corrected chi connectivity index (χ0v) is 10.2. The van der Waals surface area contributed by atoms with E-state index in [9.17, 15) is 9.59 Å². The highest BCUT2D eigenvalue weighted by Crippen LogP contribution is 2.02. The Labute approximate surface area is 96.7 Å². The predicted molar refractivity (Wildman–Crippen MR) is 61.4 cm³/mol. The second-order valence-electron chi connectivity index (χ2n) is 3.95. The number of nitrogens with two attached hydrogens (primary N) is 1. The second kappa shape index (κ2) is 8.10. The van der Waals surface area contributed by atoms with Crippen molar-refractivity contribution in [2.24, 2.45) is 11.7 Å². The van der Waals surface area contributed by atoms with Crippen LogP contribution in [0, 0.1) is 12.3 Å². The number of hydrogen-bond acceptors (Lipinski definition) is 3. The largest absolute Gasteiger partial charge is 0.377 e. The molecule has 0 rings (SSSR count). The van der Waals surface area contributed by atoms with E-state index in [1.54, 1.807) is 6.92 Å². The van der Waals surface area contributed by atoms with Crippen LogP contribution in [-0.4, -0.2) is 31.1 Å². The summed E-state index contributed by atoms with van der Waals surface area (Å²) in [5.74, 6) is -0.898. The van der Waals surface area contributed by atoms with Gasteiger partial charge in [-0.25, -0.2) is 0 Å². The van der Waals surface area contributed by atoms with E-state index in [1.165, 1.54) is 6.42 Å². The molecule has 0 aliphatic rings. The molecule has 0 saturated carbocycles. The molecule has 1 radical (unpaired) electrons. The molecule has 0 aromatic carbocycles. The second-order valence-corrected chi connectivity index (χ2v) is 3.95. The maximum Gasteiger partial charge on any atom is 0.224 e. The van der Waals surface area contributed by atoms with Crippen LogP contribution in [0.2, 0.25) is 0 Å². The summed E-state index contributed by atoms with van der Waals surface area (Å²) in [6, 6.07) is 0. The molecule has 0 bridgehead atoms. The molecule has 0 aliphatic heterocycles. The third-order valence-electron chi connectivity index (χ3n) is 1.99. The number of ether oxygens (including phenoxy) is 1. The van der Waals surface area contributed by atoms with Gasteiger partial charge in [-0.05, 0) is 20.3 Å². The number of primary amides is 1. The normalized spacial score (nSPS) is 12.5. The topological polar surface area (TPSA) is 81.4 Å². The molecule has 0 spiro atoms. The zero-order valence-electron chi connectivity index (χ0n) is 10.2. The monoisotopic (exact) mass is 229 g/mol. The van der Waals surface area contributed by atoms with Crippen molar-refractivity contribution in [2.75, 3.05) is 13.2 Å². The van der Waals surface area contributed by atoms with Crippen LogP contribution in [0.5, 0.6) is 0 Å². The minimum atomic E-state index is -0.396. The molecule has 0 unspecified atom stereocenters. The molecule has 5 heteroatoms. The fraction of sp³-hybridized carbons (Fsp3) is 0.727. The number of rotatable bonds is 8. The molecule has 2 amide bonds. The van der Waals surface area contributed by atoms with Gasteiger partial charge in [0.05, 0.1) is 19.1 Å². The average molecular weight is 229 g/mol. The molecular weight excluding hydrogens is 208 g/mol. The van der Waals surface area contributed by atoms with Crippen molar-refractivity contribution < 1.29 is 14.3 Å². The summed E-state index contributed by atoms with van der Waals surface area (Å²) in [7, 11) is 0. The average Bonchev–Trinajstić information content (AvgIpc) is 2.20. The minimum absolute atomic E-state index is 0.163. The highest BCUT2D eigenvalue weighted by molar-refractivity contribution is 5.85. The minimum Gasteiger partial charge on any atom is -0.377 e. The molecule has 3 N–H and O–H groups in total. The van der Waals surface area contributed by atoms with Gasteiger partial charge in [-0.15, -0.1) is 0 Å². The van der Waals surface area contributed by atoms with Crippen molar-refractivity contribution in [2.45, 2.75) is 33.3 Å². The molecule has 0 aliphatic carbocycles. The van der Waals surface area contributed by atoms with Crippen LogP contribution in [0.15, 0.2) is 0 Å². The van der Waals surface area contributed by atoms with Gasteiger partial charge in [0.2, 0.25) is 11.8 Å². The van der Waals surface area contributed by atoms with Gasteiger partial charge in [-0.3, -0.25) is 9.59 Å². The van der Waals surface area contributed by atoms with Crippen LogP contribution in [0.3, 0.4) is 0 Å². The number of nitrogens with one attached hydrogen (secondary N) is 1. The maximum absolute atomic E-state index is 11.2. The van der Waals surface area contributed by atoms with Crippen molar-refractivity contribution in [3.05, 3.63) is 6.42 Å². The Kier molecular flexibility index (Phi) is 7.54. The van der Waals surface area contributed by atoms with Gasteiger partial charge >= 0.3 is 0 Å². The van der Waals surface area contributed by atoms with E-state index in [-0.39, 0.29) is 17.9 Å². The predicted octanol–water partition coefficient (Wildman–Crippen LogP) is 0.243. The van der Waals surface area contributed by atoms with Crippen molar-refractivity contribution >= 4 is 11.8 Å². The van der Waals surface area contributed by atoms with Gasteiger partial charge < -0.3 is 15.8 Å². The fourth-order valence-electron chi connectivity index (χ4n) is 0.941. The van der Waals surface area contributed by atoms with E-state index in [2.05, 4.69) is 5.32 Å². The summed E-state index contributed by atoms with van der Waals surface area (Å²) in [6.07, 6.45) is 1.97. The molecule has 0 heterocycles. The Hall–Kier alpha value is -1.10. The number of amides is 2. The summed E-state index contributed by atoms with van der Waals surface area (Å²) in [5, 5.41) is 2.66. The van der Waals surface area contributed by atoms with Crippen LogP contribution in [0.1, 0.15) is 27.2 Å². The van der Waals surface area contributed by atoms with Gasteiger partial charge in [-0.2, -0.15) is 0 Å². The smallest absolute Gasteiger partial charge is 0.224 e. The van der Waals surface area contributed by atoms with Gasteiger partial charge in [0, 0.05) is 12.5 Å². The summed E-state index contributed by atoms with van der Waals surface area (Å²) in [6.45, 7) is 6.51. The van der Waals surface area contributed by atoms with E-state index in [4.69, 9.17) is 10.5 Å². The fourth-order valence-corrected chi connectivity index (χ4v) is 0.941. The summed E-state index contributed by atoms with van der Waals surface area (Å²) in [5.41, 5.74) is 5.07. The zero-order chi connectivity index (χ0) is 12.6. The molecule has 16 heavy (non-hydrogen) atoms. The summed E-state index contributed by atoms with van der Waals surface area (Å²) < 4.78 is 5.25. The van der Waals surface area contributed by atoms with E-state index >= 15 is 0 Å². The molecule has 0 saturated heterocycles. The van der Waals surface area contributed by atoms with Crippen LogP contribution >= 0.6 is 0 Å². The Morgan fingerprint density at radius 1 is 1.38 bits per heavy atom. The Morgan fingerprint density at radius 2 is 2.00 bits per heavy atom. The lowest BCUT2D eigenvalue weighted by Gasteiger charge is -2.09. The number of carbonyl (C=O) groups is 2. The Balaban J connectivity index is 3.48. The van der Waals surface area contributed by atoms with E-state index in [1.807, 2.05) is 13.8 Å². The molecular formula is C11H21N2O3. The summed E-state index contributed by atoms with van der Waals surface area (Å²) >= 11 is 0. The third-order valence-corrected chi connectivity index (χ3v) is 1.99. The Morgan fingerprint density at radius 3 is 2.50 bits per heavy atom. The number of hydrogen-bond donors (Lipinski definition) is 2. The summed E-state index contributed by atoms with van der Waals surface area (Å²) in [4.78, 5) is 21.9. The first-order valence-corrected chi connectivity index (χ1v) is 5.45. The standard InChI is InChI=1S/C11H21N2O3/c1-8(2)16-7-6-13-10(14)5-4-9(3)11(12)15/h5,8-9H,4,6-7H2,1-3H3,(H2,12,15)(H,13,14)/t9-/m0/s1. The first-order valence-electron chi connectivity index (χ1n) is 5.45. The maximum atomic E-state index is 11.2. The molecule has 93 valence electrons. The van der Waals surface area contributed by atoms with Crippen molar-refractivity contribution in [3.8, 4) is 0 Å². The molecule has 1 atom stereocenters. The van der Waals surface area contributed by atoms with E-state index in [0.717, 1.165) is 0 Å². The molecule has 0 aromatic rings. The van der Waals surface area contributed by atoms with Gasteiger partial charge in [0.25, 0.3) is 0 Å². The quantitative estimate of drug-likeness (QED) is 0.585. The van der Waals surface area contributed by atoms with Crippen molar-refractivity contribution in [3.63, 3.8) is 0 Å². The first kappa shape index (κ1) is 14.9. The lowest BCUT2D eigenvalue weighted by molar-refractivity contribution is -0.121. The van der Waals surface area contributed by atoms with E-state index in [0.29, 0.717) is 19.6 Å².